The van der Waals surface area contributed by atoms with E-state index in [1.165, 1.54) is 11.1 Å². The molecule has 0 fully saturated rings. The first-order valence-electron chi connectivity index (χ1n) is 13.3. The fraction of sp³-hybridized carbons (Fsp3) is 0.406. The minimum absolute atomic E-state index is 0.132. The molecule has 0 amide bonds. The van der Waals surface area contributed by atoms with Gasteiger partial charge in [-0.05, 0) is 78.1 Å². The van der Waals surface area contributed by atoms with Crippen molar-refractivity contribution in [2.75, 3.05) is 6.61 Å². The van der Waals surface area contributed by atoms with Gasteiger partial charge in [0.05, 0.1) is 17.6 Å². The second-order valence-electron chi connectivity index (χ2n) is 10.7. The summed E-state index contributed by atoms with van der Waals surface area (Å²) in [6, 6.07) is 25.3. The van der Waals surface area contributed by atoms with E-state index in [0.717, 1.165) is 54.2 Å². The second kappa shape index (κ2) is 11.6. The van der Waals surface area contributed by atoms with Crippen molar-refractivity contribution in [2.45, 2.75) is 78.4 Å². The van der Waals surface area contributed by atoms with Crippen LogP contribution in [0.3, 0.4) is 0 Å². The molecule has 1 heterocycles. The van der Waals surface area contributed by atoms with Gasteiger partial charge < -0.3 is 14.0 Å². The Balaban J connectivity index is 1.33. The van der Waals surface area contributed by atoms with Gasteiger partial charge in [-0.3, -0.25) is 0 Å². The van der Waals surface area contributed by atoms with Crippen molar-refractivity contribution < 1.29 is 9.47 Å². The van der Waals surface area contributed by atoms with Crippen LogP contribution >= 0.6 is 0 Å². The molecule has 1 aromatic heterocycles. The maximum atomic E-state index is 6.14. The predicted molar refractivity (Wildman–Crippen MR) is 149 cm³/mol. The maximum Gasteiger partial charge on any atom is 0.147 e. The molecule has 1 atom stereocenters. The molecular weight excluding hydrogens is 444 g/mol. The number of fused-ring (bicyclic) bond motifs is 1. The lowest BCUT2D eigenvalue weighted by atomic mass is 9.87. The highest BCUT2D eigenvalue weighted by atomic mass is 16.5. The molecule has 0 bridgehead atoms. The monoisotopic (exact) mass is 484 g/mol. The van der Waals surface area contributed by atoms with E-state index in [9.17, 15) is 0 Å². The Bertz CT molecular complexity index is 1230. The maximum absolute atomic E-state index is 6.14. The van der Waals surface area contributed by atoms with Crippen molar-refractivity contribution in [2.24, 2.45) is 0 Å². The zero-order chi connectivity index (χ0) is 25.5. The standard InChI is InChI=1S/C32H40N2O2/c1-6-24(2)25-13-17-27(18-14-25)35-22-10-9-21-34-30-12-8-7-11-29(30)33-31(34)23-36-28-19-15-26(16-20-28)32(3,4)5/h7-8,11-20,24H,6,9-10,21-23H2,1-5H3. The topological polar surface area (TPSA) is 36.3 Å². The van der Waals surface area contributed by atoms with Crippen LogP contribution < -0.4 is 9.47 Å². The quantitative estimate of drug-likeness (QED) is 0.201. The molecule has 0 spiro atoms. The van der Waals surface area contributed by atoms with E-state index < -0.39 is 0 Å². The van der Waals surface area contributed by atoms with E-state index in [1.54, 1.807) is 0 Å². The van der Waals surface area contributed by atoms with Crippen molar-refractivity contribution in [1.82, 2.24) is 9.55 Å². The third-order valence-corrected chi connectivity index (χ3v) is 6.93. The number of ether oxygens (including phenoxy) is 2. The van der Waals surface area contributed by atoms with E-state index >= 15 is 0 Å². The summed E-state index contributed by atoms with van der Waals surface area (Å²) in [5, 5.41) is 0. The third-order valence-electron chi connectivity index (χ3n) is 6.93. The highest BCUT2D eigenvalue weighted by Crippen LogP contribution is 2.25. The molecule has 0 aliphatic carbocycles. The van der Waals surface area contributed by atoms with Crippen LogP contribution in [0.2, 0.25) is 0 Å². The molecule has 0 saturated carbocycles. The third kappa shape index (κ3) is 6.48. The summed E-state index contributed by atoms with van der Waals surface area (Å²) < 4.78 is 14.4. The van der Waals surface area contributed by atoms with Crippen molar-refractivity contribution >= 4 is 11.0 Å². The Kier molecular flexibility index (Phi) is 8.35. The highest BCUT2D eigenvalue weighted by Gasteiger charge is 2.14. The zero-order valence-electron chi connectivity index (χ0n) is 22.5. The Morgan fingerprint density at radius 1 is 0.833 bits per heavy atom. The Morgan fingerprint density at radius 3 is 2.19 bits per heavy atom. The molecule has 190 valence electrons. The van der Waals surface area contributed by atoms with Crippen molar-refractivity contribution in [3.63, 3.8) is 0 Å². The minimum atomic E-state index is 0.132. The molecule has 4 rings (SSSR count). The normalized spacial score (nSPS) is 12.6. The number of imidazole rings is 1. The number of benzene rings is 3. The van der Waals surface area contributed by atoms with Crippen LogP contribution in [0.5, 0.6) is 11.5 Å². The van der Waals surface area contributed by atoms with Crippen LogP contribution in [0.4, 0.5) is 0 Å². The molecular formula is C32H40N2O2. The molecule has 4 nitrogen and oxygen atoms in total. The number of aromatic nitrogens is 2. The first kappa shape index (κ1) is 25.8. The molecule has 36 heavy (non-hydrogen) atoms. The van der Waals surface area contributed by atoms with Crippen LogP contribution in [-0.2, 0) is 18.6 Å². The molecule has 3 aromatic carbocycles. The average Bonchev–Trinajstić information content (AvgIpc) is 3.24. The summed E-state index contributed by atoms with van der Waals surface area (Å²) >= 11 is 0. The van der Waals surface area contributed by atoms with Gasteiger partial charge >= 0.3 is 0 Å². The number of hydrogen-bond donors (Lipinski definition) is 0. The lowest BCUT2D eigenvalue weighted by molar-refractivity contribution is 0.285. The molecule has 1 unspecified atom stereocenters. The van der Waals surface area contributed by atoms with E-state index in [4.69, 9.17) is 14.5 Å². The zero-order valence-corrected chi connectivity index (χ0v) is 22.5. The number of nitrogens with zero attached hydrogens (tertiary/aromatic N) is 2. The van der Waals surface area contributed by atoms with Gasteiger partial charge in [0.15, 0.2) is 0 Å². The van der Waals surface area contributed by atoms with Crippen molar-refractivity contribution in [3.8, 4) is 11.5 Å². The van der Waals surface area contributed by atoms with Gasteiger partial charge in [-0.15, -0.1) is 0 Å². The van der Waals surface area contributed by atoms with E-state index in [1.807, 2.05) is 6.07 Å². The second-order valence-corrected chi connectivity index (χ2v) is 10.7. The molecule has 0 aliphatic rings. The van der Waals surface area contributed by atoms with Crippen LogP contribution in [-0.4, -0.2) is 16.2 Å². The highest BCUT2D eigenvalue weighted by molar-refractivity contribution is 5.75. The molecule has 0 radical (unpaired) electrons. The SMILES string of the molecule is CCC(C)c1ccc(OCCCCn2c(COc3ccc(C(C)(C)C)cc3)nc3ccccc32)cc1. The number of rotatable bonds is 11. The summed E-state index contributed by atoms with van der Waals surface area (Å²) in [6.45, 7) is 13.2. The van der Waals surface area contributed by atoms with Crippen LogP contribution in [0.1, 0.15) is 76.8 Å². The summed E-state index contributed by atoms with van der Waals surface area (Å²) in [5.41, 5.74) is 4.97. The van der Waals surface area contributed by atoms with Crippen molar-refractivity contribution in [3.05, 3.63) is 89.7 Å². The Labute approximate surface area is 216 Å². The minimum Gasteiger partial charge on any atom is -0.494 e. The molecule has 0 N–H and O–H groups in total. The van der Waals surface area contributed by atoms with Crippen LogP contribution in [0, 0.1) is 0 Å². The van der Waals surface area contributed by atoms with E-state index in [-0.39, 0.29) is 5.41 Å². The summed E-state index contributed by atoms with van der Waals surface area (Å²) in [7, 11) is 0. The van der Waals surface area contributed by atoms with E-state index in [0.29, 0.717) is 19.1 Å². The number of para-hydroxylation sites is 2. The first-order valence-corrected chi connectivity index (χ1v) is 13.3. The molecule has 4 heteroatoms. The molecule has 4 aromatic rings. The lowest BCUT2D eigenvalue weighted by Gasteiger charge is -2.19. The van der Waals surface area contributed by atoms with Gasteiger partial charge in [-0.1, -0.05) is 71.0 Å². The molecule has 0 aliphatic heterocycles. The van der Waals surface area contributed by atoms with Gasteiger partial charge in [-0.25, -0.2) is 4.98 Å². The lowest BCUT2D eigenvalue weighted by Crippen LogP contribution is -2.11. The summed E-state index contributed by atoms with van der Waals surface area (Å²) in [5.74, 6) is 3.36. The smallest absolute Gasteiger partial charge is 0.147 e. The molecule has 0 saturated heterocycles. The van der Waals surface area contributed by atoms with Crippen molar-refractivity contribution in [1.29, 1.82) is 0 Å². The van der Waals surface area contributed by atoms with Gasteiger partial charge in [0, 0.05) is 6.54 Å². The summed E-state index contributed by atoms with van der Waals surface area (Å²) in [6.07, 6.45) is 3.15. The number of aryl methyl sites for hydroxylation is 1. The summed E-state index contributed by atoms with van der Waals surface area (Å²) in [4.78, 5) is 4.87. The Morgan fingerprint density at radius 2 is 1.50 bits per heavy atom. The van der Waals surface area contributed by atoms with Crippen LogP contribution in [0.25, 0.3) is 11.0 Å². The van der Waals surface area contributed by atoms with Gasteiger partial charge in [0.2, 0.25) is 0 Å². The van der Waals surface area contributed by atoms with Gasteiger partial charge in [0.25, 0.3) is 0 Å². The number of hydrogen-bond acceptors (Lipinski definition) is 3. The van der Waals surface area contributed by atoms with Crippen LogP contribution in [0.15, 0.2) is 72.8 Å². The fourth-order valence-electron chi connectivity index (χ4n) is 4.37. The predicted octanol–water partition coefficient (Wildman–Crippen LogP) is 8.29. The van der Waals surface area contributed by atoms with E-state index in [2.05, 4.69) is 106 Å². The van der Waals surface area contributed by atoms with Gasteiger partial charge in [-0.2, -0.15) is 0 Å². The first-order chi connectivity index (χ1) is 17.3. The fourth-order valence-corrected chi connectivity index (χ4v) is 4.37. The largest absolute Gasteiger partial charge is 0.494 e. The Hall–Kier alpha value is -3.27. The average molecular weight is 485 g/mol. The number of unbranched alkanes of at least 4 members (excludes halogenated alkanes) is 1. The van der Waals surface area contributed by atoms with Gasteiger partial charge in [0.1, 0.15) is 23.9 Å².